The molecule has 0 saturated heterocycles. The standard InChI is InChI=1S/C22H22ClF3N2O2/c23-18-6-3-5-17(22(24,25)26)16(18)12-28-19-7-2-1-4-15(19)20(27-28)13-8-10-14(11-9-13)21(29)30/h3,5-6,8,14H,1-2,4,7,9-12H2,(H,29,30). The van der Waals surface area contributed by atoms with Crippen molar-refractivity contribution in [2.24, 2.45) is 5.92 Å². The van der Waals surface area contributed by atoms with E-state index in [0.29, 0.717) is 19.3 Å². The summed E-state index contributed by atoms with van der Waals surface area (Å²) >= 11 is 6.16. The Kier molecular flexibility index (Phi) is 5.66. The van der Waals surface area contributed by atoms with E-state index in [-0.39, 0.29) is 23.0 Å². The average molecular weight is 439 g/mol. The number of nitrogens with zero attached hydrogens (tertiary/aromatic N) is 2. The van der Waals surface area contributed by atoms with E-state index in [2.05, 4.69) is 0 Å². The predicted octanol–water partition coefficient (Wildman–Crippen LogP) is 5.75. The van der Waals surface area contributed by atoms with E-state index in [0.717, 1.165) is 54.3 Å². The zero-order valence-corrected chi connectivity index (χ0v) is 17.1. The van der Waals surface area contributed by atoms with Gasteiger partial charge in [-0.1, -0.05) is 23.7 Å². The van der Waals surface area contributed by atoms with Crippen LogP contribution in [0.2, 0.25) is 5.02 Å². The highest BCUT2D eigenvalue weighted by Crippen LogP contribution is 2.38. The van der Waals surface area contributed by atoms with Gasteiger partial charge >= 0.3 is 12.1 Å². The number of carboxylic acids is 1. The number of benzene rings is 1. The summed E-state index contributed by atoms with van der Waals surface area (Å²) in [5, 5.41) is 14.0. The molecule has 2 aliphatic carbocycles. The lowest BCUT2D eigenvalue weighted by molar-refractivity contribution is -0.142. The Labute approximate surface area is 177 Å². The van der Waals surface area contributed by atoms with E-state index in [9.17, 15) is 23.1 Å². The maximum Gasteiger partial charge on any atom is 0.416 e. The van der Waals surface area contributed by atoms with Gasteiger partial charge in [0.25, 0.3) is 0 Å². The van der Waals surface area contributed by atoms with Gasteiger partial charge in [-0.3, -0.25) is 9.48 Å². The summed E-state index contributed by atoms with van der Waals surface area (Å²) in [6, 6.07) is 3.83. The first-order valence-electron chi connectivity index (χ1n) is 10.1. The van der Waals surface area contributed by atoms with Crippen LogP contribution in [0.5, 0.6) is 0 Å². The van der Waals surface area contributed by atoms with Crippen LogP contribution in [-0.2, 0) is 30.4 Å². The Balaban J connectivity index is 1.73. The van der Waals surface area contributed by atoms with Gasteiger partial charge in [0.2, 0.25) is 0 Å². The van der Waals surface area contributed by atoms with Crippen molar-refractivity contribution in [2.75, 3.05) is 0 Å². The highest BCUT2D eigenvalue weighted by molar-refractivity contribution is 6.31. The summed E-state index contributed by atoms with van der Waals surface area (Å²) in [5.74, 6) is -1.18. The predicted molar refractivity (Wildman–Crippen MR) is 107 cm³/mol. The summed E-state index contributed by atoms with van der Waals surface area (Å²) in [4.78, 5) is 11.2. The fourth-order valence-electron chi connectivity index (χ4n) is 4.47. The normalized spacial score (nSPS) is 19.3. The molecule has 1 heterocycles. The van der Waals surface area contributed by atoms with E-state index in [1.807, 2.05) is 6.08 Å². The highest BCUT2D eigenvalue weighted by atomic mass is 35.5. The molecule has 4 nitrogen and oxygen atoms in total. The number of aliphatic carboxylic acids is 1. The molecule has 0 bridgehead atoms. The Morgan fingerprint density at radius 1 is 1.23 bits per heavy atom. The minimum atomic E-state index is -4.49. The highest BCUT2D eigenvalue weighted by Gasteiger charge is 2.35. The smallest absolute Gasteiger partial charge is 0.416 e. The zero-order valence-electron chi connectivity index (χ0n) is 16.3. The van der Waals surface area contributed by atoms with Crippen LogP contribution in [0.15, 0.2) is 24.3 Å². The SMILES string of the molecule is O=C(O)C1CC=C(c2nn(Cc3c(Cl)cccc3C(F)(F)F)c3c2CCCC3)CC1. The average Bonchev–Trinajstić information content (AvgIpc) is 3.07. The molecule has 0 aliphatic heterocycles. The molecule has 2 aromatic rings. The van der Waals surface area contributed by atoms with Gasteiger partial charge in [-0.15, -0.1) is 0 Å². The molecule has 1 atom stereocenters. The van der Waals surface area contributed by atoms with Crippen molar-refractivity contribution in [2.45, 2.75) is 57.7 Å². The minimum Gasteiger partial charge on any atom is -0.481 e. The first-order valence-corrected chi connectivity index (χ1v) is 10.5. The van der Waals surface area contributed by atoms with E-state index >= 15 is 0 Å². The molecule has 0 fully saturated rings. The number of alkyl halides is 3. The molecule has 8 heteroatoms. The summed E-state index contributed by atoms with van der Waals surface area (Å²) in [5.41, 5.74) is 3.15. The topological polar surface area (TPSA) is 55.1 Å². The lowest BCUT2D eigenvalue weighted by Gasteiger charge is -2.19. The van der Waals surface area contributed by atoms with Crippen LogP contribution in [0.25, 0.3) is 5.57 Å². The molecular formula is C22H22ClF3N2O2. The van der Waals surface area contributed by atoms with Crippen LogP contribution in [0.1, 0.15) is 60.2 Å². The van der Waals surface area contributed by atoms with Crippen molar-refractivity contribution in [3.05, 3.63) is 57.4 Å². The maximum atomic E-state index is 13.5. The van der Waals surface area contributed by atoms with Gasteiger partial charge in [0.05, 0.1) is 23.7 Å². The first-order chi connectivity index (χ1) is 14.3. The van der Waals surface area contributed by atoms with E-state index in [4.69, 9.17) is 16.7 Å². The zero-order chi connectivity index (χ0) is 21.5. The van der Waals surface area contributed by atoms with Gasteiger partial charge in [0, 0.05) is 21.8 Å². The second kappa shape index (κ2) is 8.10. The molecule has 2 aliphatic rings. The number of hydrogen-bond acceptors (Lipinski definition) is 2. The second-order valence-electron chi connectivity index (χ2n) is 7.94. The molecule has 0 saturated carbocycles. The summed E-state index contributed by atoms with van der Waals surface area (Å²) in [6.45, 7) is -0.0398. The maximum absolute atomic E-state index is 13.5. The van der Waals surface area contributed by atoms with Gasteiger partial charge in [0.15, 0.2) is 0 Å². The van der Waals surface area contributed by atoms with Crippen molar-refractivity contribution in [1.29, 1.82) is 0 Å². The minimum absolute atomic E-state index is 0.0256. The molecular weight excluding hydrogens is 417 g/mol. The third kappa shape index (κ3) is 4.00. The van der Waals surface area contributed by atoms with Crippen LogP contribution in [0.4, 0.5) is 13.2 Å². The van der Waals surface area contributed by atoms with Crippen LogP contribution < -0.4 is 0 Å². The Morgan fingerprint density at radius 3 is 2.67 bits per heavy atom. The number of rotatable bonds is 4. The van der Waals surface area contributed by atoms with E-state index in [1.54, 1.807) is 4.68 Å². The number of allylic oxidation sites excluding steroid dienone is 2. The Morgan fingerprint density at radius 2 is 2.00 bits per heavy atom. The van der Waals surface area contributed by atoms with Crippen molar-refractivity contribution in [3.63, 3.8) is 0 Å². The third-order valence-electron chi connectivity index (χ3n) is 6.05. The molecule has 1 aromatic carbocycles. The first kappa shape index (κ1) is 21.0. The van der Waals surface area contributed by atoms with Gasteiger partial charge in [-0.2, -0.15) is 18.3 Å². The quantitative estimate of drug-likeness (QED) is 0.661. The van der Waals surface area contributed by atoms with Crippen LogP contribution in [0.3, 0.4) is 0 Å². The fourth-order valence-corrected chi connectivity index (χ4v) is 4.70. The second-order valence-corrected chi connectivity index (χ2v) is 8.35. The summed E-state index contributed by atoms with van der Waals surface area (Å²) < 4.78 is 42.2. The molecule has 1 unspecified atom stereocenters. The van der Waals surface area contributed by atoms with Crippen molar-refractivity contribution in [3.8, 4) is 0 Å². The lowest BCUT2D eigenvalue weighted by Crippen LogP contribution is -2.16. The molecule has 4 rings (SSSR count). The number of carboxylic acid groups (broad SMARTS) is 1. The Bertz CT molecular complexity index is 1010. The van der Waals surface area contributed by atoms with Crippen LogP contribution in [0, 0.1) is 5.92 Å². The molecule has 0 amide bonds. The number of aromatic nitrogens is 2. The van der Waals surface area contributed by atoms with Crippen molar-refractivity contribution < 1.29 is 23.1 Å². The lowest BCUT2D eigenvalue weighted by atomic mass is 9.85. The monoisotopic (exact) mass is 438 g/mol. The fraction of sp³-hybridized carbons (Fsp3) is 0.455. The summed E-state index contributed by atoms with van der Waals surface area (Å²) in [6.07, 6.45) is 2.62. The number of carbonyl (C=O) groups is 1. The van der Waals surface area contributed by atoms with Gasteiger partial charge in [-0.05, 0) is 62.7 Å². The third-order valence-corrected chi connectivity index (χ3v) is 6.41. The number of hydrogen-bond donors (Lipinski definition) is 1. The van der Waals surface area contributed by atoms with Crippen molar-refractivity contribution in [1.82, 2.24) is 9.78 Å². The van der Waals surface area contributed by atoms with E-state index in [1.165, 1.54) is 12.1 Å². The number of halogens is 4. The van der Waals surface area contributed by atoms with E-state index < -0.39 is 17.7 Å². The largest absolute Gasteiger partial charge is 0.481 e. The van der Waals surface area contributed by atoms with Gasteiger partial charge in [-0.25, -0.2) is 0 Å². The van der Waals surface area contributed by atoms with Crippen LogP contribution in [-0.4, -0.2) is 20.9 Å². The molecule has 1 aromatic heterocycles. The van der Waals surface area contributed by atoms with Gasteiger partial charge < -0.3 is 5.11 Å². The summed E-state index contributed by atoms with van der Waals surface area (Å²) in [7, 11) is 0. The van der Waals surface area contributed by atoms with Crippen LogP contribution >= 0.6 is 11.6 Å². The molecule has 30 heavy (non-hydrogen) atoms. The Hall–Kier alpha value is -2.28. The number of fused-ring (bicyclic) bond motifs is 1. The van der Waals surface area contributed by atoms with Crippen molar-refractivity contribution >= 4 is 23.1 Å². The van der Waals surface area contributed by atoms with Gasteiger partial charge in [0.1, 0.15) is 0 Å². The molecule has 160 valence electrons. The molecule has 0 radical (unpaired) electrons. The molecule has 0 spiro atoms. The molecule has 1 N–H and O–H groups in total.